The van der Waals surface area contributed by atoms with Gasteiger partial charge in [0.1, 0.15) is 0 Å². The molecule has 0 aliphatic heterocycles. The van der Waals surface area contributed by atoms with Crippen LogP contribution in [0.25, 0.3) is 0 Å². The Morgan fingerprint density at radius 3 is 2.00 bits per heavy atom. The first-order chi connectivity index (χ1) is 6.70. The van der Waals surface area contributed by atoms with Crippen LogP contribution in [-0.4, -0.2) is 27.6 Å². The molecule has 0 rings (SSSR count). The second kappa shape index (κ2) is 7.43. The van der Waals surface area contributed by atoms with Crippen molar-refractivity contribution >= 4 is 8.32 Å². The van der Waals surface area contributed by atoms with Gasteiger partial charge in [0.25, 0.3) is 0 Å². The number of rotatable bonds is 8. The summed E-state index contributed by atoms with van der Waals surface area (Å²) in [6.45, 7) is 9.80. The van der Waals surface area contributed by atoms with Crippen LogP contribution in [0.5, 0.6) is 0 Å². The fourth-order valence-corrected chi connectivity index (χ4v) is 6.30. The molecule has 3 heteroatoms. The SMILES string of the molecule is CCCC(NC)[Si](CC)(CC)OCC. The topological polar surface area (TPSA) is 21.3 Å². The summed E-state index contributed by atoms with van der Waals surface area (Å²) in [6, 6.07) is 2.45. The van der Waals surface area contributed by atoms with Crippen molar-refractivity contribution in [3.05, 3.63) is 0 Å². The number of hydrogen-bond acceptors (Lipinski definition) is 2. The predicted octanol–water partition coefficient (Wildman–Crippen LogP) is 2.94. The van der Waals surface area contributed by atoms with Gasteiger partial charge >= 0.3 is 0 Å². The maximum atomic E-state index is 6.11. The molecular weight excluding hydrogens is 190 g/mol. The standard InChI is InChI=1S/C11H27NOSi/c1-6-10-11(12-5)14(8-3,9-4)13-7-2/h11-12H,6-10H2,1-5H3. The Bertz CT molecular complexity index is 137. The van der Waals surface area contributed by atoms with Crippen LogP contribution >= 0.6 is 0 Å². The van der Waals surface area contributed by atoms with Gasteiger partial charge in [0.15, 0.2) is 0 Å². The molecule has 2 nitrogen and oxygen atoms in total. The Balaban J connectivity index is 4.54. The van der Waals surface area contributed by atoms with Crippen molar-refractivity contribution in [2.24, 2.45) is 0 Å². The van der Waals surface area contributed by atoms with Crippen molar-refractivity contribution in [2.45, 2.75) is 58.3 Å². The van der Waals surface area contributed by atoms with E-state index < -0.39 is 8.32 Å². The van der Waals surface area contributed by atoms with Crippen LogP contribution in [0.3, 0.4) is 0 Å². The number of hydrogen-bond donors (Lipinski definition) is 1. The average molecular weight is 217 g/mol. The van der Waals surface area contributed by atoms with E-state index in [1.54, 1.807) is 0 Å². The molecule has 0 aromatic heterocycles. The summed E-state index contributed by atoms with van der Waals surface area (Å²) in [4.78, 5) is 0. The fraction of sp³-hybridized carbons (Fsp3) is 1.00. The Labute approximate surface area is 90.6 Å². The van der Waals surface area contributed by atoms with Crippen molar-refractivity contribution in [3.8, 4) is 0 Å². The van der Waals surface area contributed by atoms with Crippen LogP contribution < -0.4 is 5.32 Å². The highest BCUT2D eigenvalue weighted by atomic mass is 28.4. The second-order valence-corrected chi connectivity index (χ2v) is 8.36. The van der Waals surface area contributed by atoms with E-state index >= 15 is 0 Å². The third-order valence-electron chi connectivity index (χ3n) is 3.19. The summed E-state index contributed by atoms with van der Waals surface area (Å²) in [5.41, 5.74) is 0.627. The molecule has 1 N–H and O–H groups in total. The van der Waals surface area contributed by atoms with Crippen LogP contribution in [0.4, 0.5) is 0 Å². The van der Waals surface area contributed by atoms with Gasteiger partial charge in [-0.2, -0.15) is 0 Å². The summed E-state index contributed by atoms with van der Waals surface area (Å²) in [5.74, 6) is 0. The van der Waals surface area contributed by atoms with Gasteiger partial charge in [0, 0.05) is 12.3 Å². The summed E-state index contributed by atoms with van der Waals surface area (Å²) >= 11 is 0. The highest BCUT2D eigenvalue weighted by Gasteiger charge is 2.38. The van der Waals surface area contributed by atoms with Crippen LogP contribution in [0.2, 0.25) is 12.1 Å². The molecule has 0 aliphatic rings. The molecule has 0 saturated carbocycles. The van der Waals surface area contributed by atoms with E-state index in [0.29, 0.717) is 5.67 Å². The van der Waals surface area contributed by atoms with Crippen molar-refractivity contribution < 1.29 is 4.43 Å². The summed E-state index contributed by atoms with van der Waals surface area (Å²) in [5, 5.41) is 3.47. The first-order valence-electron chi connectivity index (χ1n) is 6.01. The normalized spacial score (nSPS) is 14.4. The molecular formula is C11H27NOSi. The molecule has 0 amide bonds. The molecule has 0 heterocycles. The van der Waals surface area contributed by atoms with E-state index in [1.165, 1.54) is 24.9 Å². The lowest BCUT2D eigenvalue weighted by atomic mass is 10.3. The monoisotopic (exact) mass is 217 g/mol. The Morgan fingerprint density at radius 1 is 1.14 bits per heavy atom. The van der Waals surface area contributed by atoms with Gasteiger partial charge in [0.05, 0.1) is 0 Å². The first-order valence-corrected chi connectivity index (χ1v) is 8.41. The average Bonchev–Trinajstić information content (AvgIpc) is 2.23. The molecule has 0 radical (unpaired) electrons. The van der Waals surface area contributed by atoms with E-state index in [1.807, 2.05) is 0 Å². The molecule has 14 heavy (non-hydrogen) atoms. The van der Waals surface area contributed by atoms with Crippen LogP contribution in [-0.2, 0) is 4.43 Å². The van der Waals surface area contributed by atoms with Crippen molar-refractivity contribution in [1.82, 2.24) is 5.32 Å². The Morgan fingerprint density at radius 2 is 1.71 bits per heavy atom. The van der Waals surface area contributed by atoms with Crippen LogP contribution in [0.15, 0.2) is 0 Å². The molecule has 1 unspecified atom stereocenters. The minimum atomic E-state index is -1.50. The molecule has 0 bridgehead atoms. The molecule has 0 fully saturated rings. The third-order valence-corrected chi connectivity index (χ3v) is 8.29. The fourth-order valence-electron chi connectivity index (χ4n) is 2.29. The highest BCUT2D eigenvalue weighted by Crippen LogP contribution is 2.23. The van der Waals surface area contributed by atoms with Crippen LogP contribution in [0, 0.1) is 0 Å². The summed E-state index contributed by atoms with van der Waals surface area (Å²) in [7, 11) is 0.571. The molecule has 0 aromatic carbocycles. The zero-order valence-electron chi connectivity index (χ0n) is 10.5. The molecule has 0 spiro atoms. The summed E-state index contributed by atoms with van der Waals surface area (Å²) < 4.78 is 6.11. The maximum Gasteiger partial charge on any atom is 0.208 e. The van der Waals surface area contributed by atoms with E-state index in [2.05, 4.69) is 40.1 Å². The lowest BCUT2D eigenvalue weighted by Crippen LogP contribution is -2.55. The minimum absolute atomic E-state index is 0.627. The maximum absolute atomic E-state index is 6.11. The van der Waals surface area contributed by atoms with Gasteiger partial charge < -0.3 is 9.74 Å². The highest BCUT2D eigenvalue weighted by molar-refractivity contribution is 6.75. The van der Waals surface area contributed by atoms with Crippen molar-refractivity contribution in [2.75, 3.05) is 13.7 Å². The molecule has 0 saturated heterocycles. The zero-order chi connectivity index (χ0) is 11.0. The second-order valence-electron chi connectivity index (χ2n) is 3.83. The summed E-state index contributed by atoms with van der Waals surface area (Å²) in [6.07, 6.45) is 2.50. The Hall–Kier alpha value is 0.137. The smallest absolute Gasteiger partial charge is 0.208 e. The number of nitrogens with one attached hydrogen (secondary N) is 1. The van der Waals surface area contributed by atoms with E-state index in [9.17, 15) is 0 Å². The lowest BCUT2D eigenvalue weighted by Gasteiger charge is -2.36. The Kier molecular flexibility index (Phi) is 7.50. The predicted molar refractivity (Wildman–Crippen MR) is 66.1 cm³/mol. The van der Waals surface area contributed by atoms with E-state index in [4.69, 9.17) is 4.43 Å². The largest absolute Gasteiger partial charge is 0.416 e. The minimum Gasteiger partial charge on any atom is -0.416 e. The molecule has 0 aromatic rings. The first kappa shape index (κ1) is 14.1. The van der Waals surface area contributed by atoms with E-state index in [-0.39, 0.29) is 0 Å². The molecule has 0 aliphatic carbocycles. The van der Waals surface area contributed by atoms with Gasteiger partial charge in [-0.05, 0) is 32.5 Å². The van der Waals surface area contributed by atoms with Crippen molar-refractivity contribution in [1.29, 1.82) is 0 Å². The van der Waals surface area contributed by atoms with E-state index in [0.717, 1.165) is 6.61 Å². The van der Waals surface area contributed by atoms with Gasteiger partial charge in [-0.15, -0.1) is 0 Å². The molecule has 1 atom stereocenters. The third kappa shape index (κ3) is 3.37. The van der Waals surface area contributed by atoms with Crippen molar-refractivity contribution in [3.63, 3.8) is 0 Å². The van der Waals surface area contributed by atoms with Gasteiger partial charge in [-0.3, -0.25) is 0 Å². The van der Waals surface area contributed by atoms with Gasteiger partial charge in [-0.1, -0.05) is 27.2 Å². The quantitative estimate of drug-likeness (QED) is 0.631. The van der Waals surface area contributed by atoms with Gasteiger partial charge in [0.2, 0.25) is 8.32 Å². The molecule has 86 valence electrons. The zero-order valence-corrected chi connectivity index (χ0v) is 11.5. The lowest BCUT2D eigenvalue weighted by molar-refractivity contribution is 0.302. The van der Waals surface area contributed by atoms with Gasteiger partial charge in [-0.25, -0.2) is 0 Å². The van der Waals surface area contributed by atoms with Crippen LogP contribution in [0.1, 0.15) is 40.5 Å².